The van der Waals surface area contributed by atoms with Crippen molar-refractivity contribution in [2.45, 2.75) is 37.1 Å². The zero-order chi connectivity index (χ0) is 14.5. The van der Waals surface area contributed by atoms with Crippen LogP contribution >= 0.6 is 11.8 Å². The first-order valence-electron chi connectivity index (χ1n) is 7.26. The second-order valence-electron chi connectivity index (χ2n) is 5.14. The van der Waals surface area contributed by atoms with Gasteiger partial charge in [0.05, 0.1) is 6.10 Å². The normalized spacial score (nSPS) is 18.2. The van der Waals surface area contributed by atoms with E-state index in [1.54, 1.807) is 16.3 Å². The molecule has 0 bridgehead atoms. The molecule has 0 amide bonds. The molecule has 112 valence electrons. The lowest BCUT2D eigenvalue weighted by atomic mass is 10.1. The Morgan fingerprint density at radius 1 is 1.38 bits per heavy atom. The van der Waals surface area contributed by atoms with Gasteiger partial charge in [0.25, 0.3) is 0 Å². The Bertz CT molecular complexity index is 617. The van der Waals surface area contributed by atoms with E-state index in [9.17, 15) is 4.79 Å². The van der Waals surface area contributed by atoms with Gasteiger partial charge in [0, 0.05) is 18.9 Å². The minimum absolute atomic E-state index is 0.138. The van der Waals surface area contributed by atoms with Crippen LogP contribution in [0.25, 0.3) is 0 Å². The van der Waals surface area contributed by atoms with E-state index in [0.29, 0.717) is 12.6 Å². The maximum absolute atomic E-state index is 11.9. The fraction of sp³-hybridized carbons (Fsp3) is 0.467. The van der Waals surface area contributed by atoms with Crippen molar-refractivity contribution < 1.29 is 4.74 Å². The van der Waals surface area contributed by atoms with E-state index in [1.165, 1.54) is 5.56 Å². The first kappa shape index (κ1) is 14.4. The third kappa shape index (κ3) is 3.77. The van der Waals surface area contributed by atoms with Gasteiger partial charge in [-0.2, -0.15) is 0 Å². The molecule has 0 spiro atoms. The molecule has 2 heterocycles. The predicted octanol–water partition coefficient (Wildman–Crippen LogP) is 2.09. The summed E-state index contributed by atoms with van der Waals surface area (Å²) in [6.45, 7) is 1.50. The molecule has 5 nitrogen and oxygen atoms in total. The fourth-order valence-corrected chi connectivity index (χ4v) is 3.48. The fourth-order valence-electron chi connectivity index (χ4n) is 2.44. The molecule has 1 aromatic heterocycles. The van der Waals surface area contributed by atoms with Crippen LogP contribution in [0.4, 0.5) is 0 Å². The van der Waals surface area contributed by atoms with Gasteiger partial charge in [-0.1, -0.05) is 42.1 Å². The number of H-pyrrole nitrogens is 1. The van der Waals surface area contributed by atoms with E-state index in [0.717, 1.165) is 36.8 Å². The number of nitrogens with one attached hydrogen (secondary N) is 1. The van der Waals surface area contributed by atoms with Crippen molar-refractivity contribution in [3.63, 3.8) is 0 Å². The highest BCUT2D eigenvalue weighted by molar-refractivity contribution is 7.99. The summed E-state index contributed by atoms with van der Waals surface area (Å²) in [7, 11) is 0. The topological polar surface area (TPSA) is 59.9 Å². The van der Waals surface area contributed by atoms with Gasteiger partial charge in [0.15, 0.2) is 5.16 Å². The molecule has 1 aliphatic rings. The summed E-state index contributed by atoms with van der Waals surface area (Å²) in [5, 5.41) is 7.42. The zero-order valence-corrected chi connectivity index (χ0v) is 12.6. The summed E-state index contributed by atoms with van der Waals surface area (Å²) >= 11 is 1.60. The molecule has 1 saturated heterocycles. The summed E-state index contributed by atoms with van der Waals surface area (Å²) in [6.07, 6.45) is 3.36. The summed E-state index contributed by atoms with van der Waals surface area (Å²) in [4.78, 5) is 11.9. The third-order valence-electron chi connectivity index (χ3n) is 3.61. The van der Waals surface area contributed by atoms with E-state index < -0.39 is 0 Å². The molecule has 1 aliphatic heterocycles. The number of aromatic amines is 1. The number of aryl methyl sites for hydroxylation is 1. The molecular weight excluding hydrogens is 286 g/mol. The highest BCUT2D eigenvalue weighted by Crippen LogP contribution is 2.21. The first-order chi connectivity index (χ1) is 10.3. The van der Waals surface area contributed by atoms with Crippen LogP contribution in [0.1, 0.15) is 18.4 Å². The SMILES string of the molecule is O=c1[nH]nc(SC[C@H]2CCCO2)n1CCc1ccccc1. The Morgan fingerprint density at radius 3 is 3.00 bits per heavy atom. The van der Waals surface area contributed by atoms with Gasteiger partial charge in [-0.15, -0.1) is 5.10 Å². The highest BCUT2D eigenvalue weighted by atomic mass is 32.2. The average molecular weight is 305 g/mol. The largest absolute Gasteiger partial charge is 0.377 e. The molecule has 6 heteroatoms. The lowest BCUT2D eigenvalue weighted by molar-refractivity contribution is 0.129. The van der Waals surface area contributed by atoms with Crippen molar-refractivity contribution in [2.24, 2.45) is 0 Å². The van der Waals surface area contributed by atoms with Crippen molar-refractivity contribution in [2.75, 3.05) is 12.4 Å². The summed E-state index contributed by atoms with van der Waals surface area (Å²) in [6, 6.07) is 10.2. The van der Waals surface area contributed by atoms with Gasteiger partial charge >= 0.3 is 5.69 Å². The molecule has 3 rings (SSSR count). The van der Waals surface area contributed by atoms with Gasteiger partial charge in [0.1, 0.15) is 0 Å². The summed E-state index contributed by atoms with van der Waals surface area (Å²) in [5.41, 5.74) is 1.08. The van der Waals surface area contributed by atoms with E-state index in [1.807, 2.05) is 18.2 Å². The number of ether oxygens (including phenoxy) is 1. The van der Waals surface area contributed by atoms with Crippen LogP contribution in [0.5, 0.6) is 0 Å². The standard InChI is InChI=1S/C15H19N3O2S/c19-14-16-17-15(21-11-13-7-4-10-20-13)18(14)9-8-12-5-2-1-3-6-12/h1-3,5-6,13H,4,7-11H2,(H,16,19)/t13-/m1/s1. The molecule has 0 radical (unpaired) electrons. The second kappa shape index (κ2) is 6.95. The molecular formula is C15H19N3O2S. The van der Waals surface area contributed by atoms with Crippen LogP contribution in [0.2, 0.25) is 0 Å². The average Bonchev–Trinajstić information content (AvgIpc) is 3.14. The van der Waals surface area contributed by atoms with Gasteiger partial charge in [-0.05, 0) is 24.8 Å². The maximum atomic E-state index is 11.9. The molecule has 2 aromatic rings. The highest BCUT2D eigenvalue weighted by Gasteiger charge is 2.17. The summed E-state index contributed by atoms with van der Waals surface area (Å²) in [5.74, 6) is 0.857. The molecule has 0 saturated carbocycles. The van der Waals surface area contributed by atoms with Crippen molar-refractivity contribution in [3.8, 4) is 0 Å². The molecule has 0 aliphatic carbocycles. The third-order valence-corrected chi connectivity index (χ3v) is 4.72. The quantitative estimate of drug-likeness (QED) is 0.830. The monoisotopic (exact) mass is 305 g/mol. The first-order valence-corrected chi connectivity index (χ1v) is 8.25. The molecule has 1 fully saturated rings. The Kier molecular flexibility index (Phi) is 4.77. The van der Waals surface area contributed by atoms with E-state index >= 15 is 0 Å². The minimum Gasteiger partial charge on any atom is -0.377 e. The lowest BCUT2D eigenvalue weighted by Gasteiger charge is -2.09. The van der Waals surface area contributed by atoms with E-state index in [2.05, 4.69) is 22.3 Å². The number of thioether (sulfide) groups is 1. The molecule has 1 atom stereocenters. The Labute approximate surface area is 127 Å². The number of benzene rings is 1. The molecule has 1 aromatic carbocycles. The number of hydrogen-bond acceptors (Lipinski definition) is 4. The Hall–Kier alpha value is -1.53. The number of rotatable bonds is 6. The lowest BCUT2D eigenvalue weighted by Crippen LogP contribution is -2.19. The van der Waals surface area contributed by atoms with Gasteiger partial charge in [-0.3, -0.25) is 4.57 Å². The van der Waals surface area contributed by atoms with Crippen LogP contribution in [-0.2, 0) is 17.7 Å². The van der Waals surface area contributed by atoms with Crippen molar-refractivity contribution in [1.29, 1.82) is 0 Å². The van der Waals surface area contributed by atoms with Crippen LogP contribution in [0.3, 0.4) is 0 Å². The number of nitrogens with zero attached hydrogens (tertiary/aromatic N) is 2. The van der Waals surface area contributed by atoms with Crippen LogP contribution < -0.4 is 5.69 Å². The Balaban J connectivity index is 1.61. The van der Waals surface area contributed by atoms with E-state index in [-0.39, 0.29) is 5.69 Å². The number of hydrogen-bond donors (Lipinski definition) is 1. The molecule has 1 N–H and O–H groups in total. The van der Waals surface area contributed by atoms with Crippen LogP contribution in [-0.4, -0.2) is 33.2 Å². The molecule has 21 heavy (non-hydrogen) atoms. The smallest absolute Gasteiger partial charge is 0.343 e. The zero-order valence-electron chi connectivity index (χ0n) is 11.8. The maximum Gasteiger partial charge on any atom is 0.343 e. The van der Waals surface area contributed by atoms with Crippen molar-refractivity contribution >= 4 is 11.8 Å². The van der Waals surface area contributed by atoms with Crippen LogP contribution in [0.15, 0.2) is 40.3 Å². The van der Waals surface area contributed by atoms with Crippen LogP contribution in [0, 0.1) is 0 Å². The minimum atomic E-state index is -0.138. The summed E-state index contributed by atoms with van der Waals surface area (Å²) < 4.78 is 7.32. The van der Waals surface area contributed by atoms with Crippen molar-refractivity contribution in [1.82, 2.24) is 14.8 Å². The van der Waals surface area contributed by atoms with Gasteiger partial charge in [-0.25, -0.2) is 9.89 Å². The predicted molar refractivity (Wildman–Crippen MR) is 82.7 cm³/mol. The Morgan fingerprint density at radius 2 is 2.24 bits per heavy atom. The molecule has 0 unspecified atom stereocenters. The van der Waals surface area contributed by atoms with Crippen molar-refractivity contribution in [3.05, 3.63) is 46.4 Å². The van der Waals surface area contributed by atoms with Gasteiger partial charge in [0.2, 0.25) is 0 Å². The second-order valence-corrected chi connectivity index (χ2v) is 6.13. The van der Waals surface area contributed by atoms with E-state index in [4.69, 9.17) is 4.74 Å². The number of aromatic nitrogens is 3. The van der Waals surface area contributed by atoms with Gasteiger partial charge < -0.3 is 4.74 Å².